The molecule has 2 aromatic carbocycles. The molecule has 0 radical (unpaired) electrons. The maximum atomic E-state index is 12.7. The average Bonchev–Trinajstić information content (AvgIpc) is 3.54. The first-order valence-corrected chi connectivity index (χ1v) is 28.7. The van der Waals surface area contributed by atoms with Crippen LogP contribution >= 0.6 is 7.82 Å². The van der Waals surface area contributed by atoms with Gasteiger partial charge in [-0.1, -0.05) is 37.5 Å². The topological polar surface area (TPSA) is 320 Å². The van der Waals surface area contributed by atoms with Gasteiger partial charge in [-0.05, 0) is 94.8 Å². The highest BCUT2D eigenvalue weighted by Gasteiger charge is 2.46. The van der Waals surface area contributed by atoms with Gasteiger partial charge >= 0.3 is 7.82 Å². The molecule has 0 spiro atoms. The Morgan fingerprint density at radius 2 is 1.36 bits per heavy atom. The summed E-state index contributed by atoms with van der Waals surface area (Å²) in [6.07, 6.45) is 12.5. The summed E-state index contributed by atoms with van der Waals surface area (Å²) in [5, 5.41) is 2.86. The van der Waals surface area contributed by atoms with E-state index < -0.39 is 70.6 Å². The van der Waals surface area contributed by atoms with Crippen molar-refractivity contribution in [3.05, 3.63) is 83.6 Å². The van der Waals surface area contributed by atoms with Gasteiger partial charge in [-0.15, -0.1) is 0 Å². The molecule has 0 saturated heterocycles. The smallest absolute Gasteiger partial charge is 0.356 e. The monoisotopic (exact) mass is 1020 g/mol. The van der Waals surface area contributed by atoms with Crippen molar-refractivity contribution in [2.24, 2.45) is 0 Å². The molecule has 7 N–H and O–H groups in total. The Balaban J connectivity index is 1.62. The molecule has 1 unspecified atom stereocenters. The van der Waals surface area contributed by atoms with Crippen molar-refractivity contribution >= 4 is 71.3 Å². The van der Waals surface area contributed by atoms with E-state index in [1.54, 1.807) is 35.0 Å². The Bertz CT molecular complexity index is 2750. The SMILES string of the molecule is CC1(C)C(C=CC=CC=C2N(CCCS(=O)(=O)O)c3ccc(S(=O)(=O)O)cc3C2(C)CCCCC(=O)NCCCCCCOP(=O)(O)O)=[N+](CCCS(=O)(=O)O)c2ccc(S(=O)(=O)O)cc21. The van der Waals surface area contributed by atoms with Crippen LogP contribution < -0.4 is 10.2 Å². The highest BCUT2D eigenvalue weighted by Crippen LogP contribution is 2.51. The van der Waals surface area contributed by atoms with Gasteiger partial charge in [0.15, 0.2) is 5.71 Å². The van der Waals surface area contributed by atoms with Crippen molar-refractivity contribution < 1.29 is 80.1 Å². The van der Waals surface area contributed by atoms with Gasteiger partial charge < -0.3 is 20.0 Å². The number of unbranched alkanes of at least 4 members (excludes halogenated alkanes) is 4. The number of carbonyl (C=O) groups is 1. The van der Waals surface area contributed by atoms with Crippen LogP contribution in [0.2, 0.25) is 0 Å². The highest BCUT2D eigenvalue weighted by molar-refractivity contribution is 7.86. The Morgan fingerprint density at radius 1 is 0.758 bits per heavy atom. The van der Waals surface area contributed by atoms with Crippen LogP contribution in [0.1, 0.15) is 96.1 Å². The minimum Gasteiger partial charge on any atom is -0.356 e. The Kier molecular flexibility index (Phi) is 18.5. The van der Waals surface area contributed by atoms with Gasteiger partial charge in [0.1, 0.15) is 6.54 Å². The van der Waals surface area contributed by atoms with E-state index in [-0.39, 0.29) is 54.7 Å². The fourth-order valence-electron chi connectivity index (χ4n) is 8.26. The molecule has 0 fully saturated rings. The van der Waals surface area contributed by atoms with Gasteiger partial charge in [0, 0.05) is 60.4 Å². The maximum Gasteiger partial charge on any atom is 0.469 e. The third kappa shape index (κ3) is 15.7. The van der Waals surface area contributed by atoms with Crippen LogP contribution in [-0.2, 0) is 65.2 Å². The number of nitrogens with one attached hydrogen (secondary N) is 1. The molecule has 2 aliphatic rings. The highest BCUT2D eigenvalue weighted by atomic mass is 32.2. The van der Waals surface area contributed by atoms with E-state index in [2.05, 4.69) is 9.84 Å². The van der Waals surface area contributed by atoms with Crippen molar-refractivity contribution in [2.45, 2.75) is 106 Å². The van der Waals surface area contributed by atoms with Crippen LogP contribution in [0, 0.1) is 0 Å². The Labute approximate surface area is 386 Å². The zero-order valence-electron chi connectivity index (χ0n) is 36.8. The number of phosphoric acid groups is 1. The lowest BCUT2D eigenvalue weighted by Crippen LogP contribution is -2.30. The van der Waals surface area contributed by atoms with E-state index in [1.165, 1.54) is 36.4 Å². The fraction of sp³-hybridized carbons (Fsp3) is 0.512. The first kappa shape index (κ1) is 55.0. The van der Waals surface area contributed by atoms with Gasteiger partial charge in [0.25, 0.3) is 40.5 Å². The number of allylic oxidation sites excluding steroid dienone is 6. The van der Waals surface area contributed by atoms with Crippen LogP contribution in [-0.4, -0.2) is 116 Å². The van der Waals surface area contributed by atoms with E-state index in [4.69, 9.17) is 9.79 Å². The summed E-state index contributed by atoms with van der Waals surface area (Å²) in [7, 11) is -22.3. The number of amides is 1. The number of nitrogens with zero attached hydrogens (tertiary/aromatic N) is 2. The summed E-state index contributed by atoms with van der Waals surface area (Å²) in [5.74, 6) is -1.28. The molecule has 0 saturated carbocycles. The number of anilines is 1. The lowest BCUT2D eigenvalue weighted by molar-refractivity contribution is -0.437. The number of rotatable bonds is 26. The minimum absolute atomic E-state index is 0.0165. The number of benzene rings is 2. The molecule has 0 aromatic heterocycles. The van der Waals surface area contributed by atoms with Crippen molar-refractivity contribution in [1.29, 1.82) is 0 Å². The molecule has 2 aliphatic heterocycles. The summed E-state index contributed by atoms with van der Waals surface area (Å²) in [4.78, 5) is 31.4. The molecule has 2 heterocycles. The van der Waals surface area contributed by atoms with Crippen molar-refractivity contribution in [3.63, 3.8) is 0 Å². The van der Waals surface area contributed by atoms with Gasteiger partial charge in [-0.2, -0.15) is 38.2 Å². The molecule has 66 heavy (non-hydrogen) atoms. The van der Waals surface area contributed by atoms with Crippen LogP contribution in [0.15, 0.2) is 82.3 Å². The molecule has 0 aliphatic carbocycles. The van der Waals surface area contributed by atoms with Gasteiger partial charge in [0.2, 0.25) is 11.6 Å². The van der Waals surface area contributed by atoms with Crippen LogP contribution in [0.25, 0.3) is 0 Å². The largest absolute Gasteiger partial charge is 0.469 e. The first-order chi connectivity index (χ1) is 30.4. The number of hydrogen-bond donors (Lipinski definition) is 7. The maximum absolute atomic E-state index is 12.7. The van der Waals surface area contributed by atoms with E-state index >= 15 is 0 Å². The summed E-state index contributed by atoms with van der Waals surface area (Å²) < 4.78 is 151. The van der Waals surface area contributed by atoms with Crippen molar-refractivity contribution in [3.8, 4) is 0 Å². The third-order valence-electron chi connectivity index (χ3n) is 11.5. The summed E-state index contributed by atoms with van der Waals surface area (Å²) >= 11 is 0. The Hall–Kier alpha value is -3.65. The third-order valence-corrected chi connectivity index (χ3v) is 15.3. The average molecular weight is 1030 g/mol. The zero-order valence-corrected chi connectivity index (χ0v) is 41.0. The van der Waals surface area contributed by atoms with Gasteiger partial charge in [-0.25, -0.2) is 4.57 Å². The Morgan fingerprint density at radius 3 is 1.98 bits per heavy atom. The van der Waals surface area contributed by atoms with Gasteiger partial charge in [0.05, 0.1) is 33.3 Å². The number of carbonyl (C=O) groups excluding carboxylic acids is 1. The van der Waals surface area contributed by atoms with E-state index in [0.717, 1.165) is 0 Å². The molecular formula is C41H59N3O17PS4+. The van der Waals surface area contributed by atoms with Crippen molar-refractivity contribution in [2.75, 3.05) is 42.6 Å². The van der Waals surface area contributed by atoms with Crippen LogP contribution in [0.3, 0.4) is 0 Å². The molecule has 20 nitrogen and oxygen atoms in total. The van der Waals surface area contributed by atoms with Gasteiger partial charge in [-0.3, -0.25) is 27.5 Å². The molecule has 25 heteroatoms. The second-order valence-corrected chi connectivity index (χ2v) is 24.1. The lowest BCUT2D eigenvalue weighted by Gasteiger charge is -2.30. The van der Waals surface area contributed by atoms with E-state index in [0.29, 0.717) is 85.4 Å². The predicted octanol–water partition coefficient (Wildman–Crippen LogP) is 5.23. The molecule has 2 aromatic rings. The van der Waals surface area contributed by atoms with Crippen molar-refractivity contribution in [1.82, 2.24) is 5.32 Å². The number of phosphoric ester groups is 1. The fourth-order valence-corrected chi connectivity index (χ4v) is 10.6. The molecule has 368 valence electrons. The number of hydrogen-bond acceptors (Lipinski definition) is 12. The predicted molar refractivity (Wildman–Crippen MR) is 246 cm³/mol. The molecule has 1 atom stereocenters. The zero-order chi connectivity index (χ0) is 49.4. The van der Waals surface area contributed by atoms with E-state index in [1.807, 2.05) is 25.7 Å². The second-order valence-electron chi connectivity index (χ2n) is 16.8. The van der Waals surface area contributed by atoms with Crippen LogP contribution in [0.4, 0.5) is 11.4 Å². The summed E-state index contributed by atoms with van der Waals surface area (Å²) in [6, 6.07) is 8.18. The standard InChI is InChI=1S/C41H58N3O17PS4/c1-40(2)33-29-31(65(55,56)57)18-20-35(33)43(24-13-27-63(49,50)51)37(40)15-7-6-8-16-38-41(3,22-10-9-17-39(45)42-23-11-4-5-12-26-61-62(46,47)48)34-30-32(66(58,59)60)19-21-36(34)44(38)25-14-28-64(52,53)54/h6-8,15-16,18-21,29-30H,4-5,9-14,17,22-28H2,1-3H3,(H6-,42,45,46,47,48,49,50,51,52,53,54,55,56,57,58,59,60)/p+1. The van der Waals surface area contributed by atoms with E-state index in [9.17, 15) is 61.2 Å². The first-order valence-electron chi connectivity index (χ1n) is 21.0. The molecule has 1 amide bonds. The normalized spacial score (nSPS) is 18.5. The van der Waals surface area contributed by atoms with Crippen LogP contribution in [0.5, 0.6) is 0 Å². The lowest BCUT2D eigenvalue weighted by atomic mass is 9.77. The summed E-state index contributed by atoms with van der Waals surface area (Å²) in [5.41, 5.74) is 1.59. The molecular weight excluding hydrogens is 966 g/mol. The minimum atomic E-state index is -4.65. The summed E-state index contributed by atoms with van der Waals surface area (Å²) in [6.45, 7) is 6.04. The molecule has 0 bridgehead atoms. The number of fused-ring (bicyclic) bond motifs is 2. The quantitative estimate of drug-likeness (QED) is 0.0208. The second kappa shape index (κ2) is 22.2. The molecule has 4 rings (SSSR count).